The van der Waals surface area contributed by atoms with Gasteiger partial charge in [-0.25, -0.2) is 0 Å². The van der Waals surface area contributed by atoms with Crippen molar-refractivity contribution in [1.29, 1.82) is 0 Å². The van der Waals surface area contributed by atoms with Crippen molar-refractivity contribution < 1.29 is 14.0 Å². The average molecular weight is 350 g/mol. The number of hydrogen-bond acceptors (Lipinski definition) is 5. The van der Waals surface area contributed by atoms with Crippen LogP contribution in [0.3, 0.4) is 0 Å². The Morgan fingerprint density at radius 2 is 2.00 bits per heavy atom. The number of nitrogens with zero attached hydrogens (tertiary/aromatic N) is 3. The Morgan fingerprint density at radius 1 is 1.15 bits per heavy atom. The number of rotatable bonds is 3. The zero-order valence-electron chi connectivity index (χ0n) is 14.1. The number of amides is 2. The zero-order chi connectivity index (χ0) is 17.9. The van der Waals surface area contributed by atoms with Crippen molar-refractivity contribution in [3.05, 3.63) is 60.3 Å². The summed E-state index contributed by atoms with van der Waals surface area (Å²) in [6.45, 7) is 1.14. The van der Waals surface area contributed by atoms with Crippen molar-refractivity contribution in [1.82, 2.24) is 20.2 Å². The van der Waals surface area contributed by atoms with E-state index in [-0.39, 0.29) is 17.9 Å². The SMILES string of the molecule is O=C(NC1CCCN(C(=O)c2ccco2)C1)c1ccc2nccnc2c1. The van der Waals surface area contributed by atoms with E-state index in [0.717, 1.165) is 18.4 Å². The molecule has 2 amide bonds. The van der Waals surface area contributed by atoms with Crippen LogP contribution in [0.1, 0.15) is 33.8 Å². The minimum Gasteiger partial charge on any atom is -0.459 e. The van der Waals surface area contributed by atoms with Gasteiger partial charge in [-0.3, -0.25) is 19.6 Å². The molecule has 3 aromatic rings. The summed E-state index contributed by atoms with van der Waals surface area (Å²) >= 11 is 0. The number of benzene rings is 1. The molecule has 0 radical (unpaired) electrons. The molecule has 0 saturated carbocycles. The van der Waals surface area contributed by atoms with Crippen molar-refractivity contribution in [2.45, 2.75) is 18.9 Å². The molecule has 1 aliphatic heterocycles. The molecular weight excluding hydrogens is 332 g/mol. The third kappa shape index (κ3) is 3.28. The van der Waals surface area contributed by atoms with Gasteiger partial charge in [-0.1, -0.05) is 0 Å². The van der Waals surface area contributed by atoms with Gasteiger partial charge in [0.15, 0.2) is 5.76 Å². The minimum atomic E-state index is -0.171. The number of likely N-dealkylation sites (tertiary alicyclic amines) is 1. The molecule has 1 fully saturated rings. The molecule has 1 unspecified atom stereocenters. The summed E-state index contributed by atoms with van der Waals surface area (Å²) in [5.74, 6) is 0.00913. The van der Waals surface area contributed by atoms with Gasteiger partial charge < -0.3 is 14.6 Å². The van der Waals surface area contributed by atoms with Crippen LogP contribution in [0.2, 0.25) is 0 Å². The van der Waals surface area contributed by atoms with Crippen LogP contribution < -0.4 is 5.32 Å². The maximum atomic E-state index is 12.6. The fourth-order valence-corrected chi connectivity index (χ4v) is 3.21. The molecule has 3 heterocycles. The number of hydrogen-bond donors (Lipinski definition) is 1. The molecule has 26 heavy (non-hydrogen) atoms. The Kier molecular flexibility index (Phi) is 4.35. The smallest absolute Gasteiger partial charge is 0.289 e. The highest BCUT2D eigenvalue weighted by Crippen LogP contribution is 2.16. The summed E-state index contributed by atoms with van der Waals surface area (Å²) in [5, 5.41) is 3.02. The lowest BCUT2D eigenvalue weighted by Crippen LogP contribution is -2.49. The summed E-state index contributed by atoms with van der Waals surface area (Å²) in [6.07, 6.45) is 6.37. The Labute approximate surface area is 150 Å². The molecule has 0 spiro atoms. The third-order valence-corrected chi connectivity index (χ3v) is 4.51. The second-order valence-electron chi connectivity index (χ2n) is 6.30. The fourth-order valence-electron chi connectivity index (χ4n) is 3.21. The van der Waals surface area contributed by atoms with E-state index >= 15 is 0 Å². The molecule has 7 heteroatoms. The van der Waals surface area contributed by atoms with E-state index in [0.29, 0.717) is 29.9 Å². The summed E-state index contributed by atoms with van der Waals surface area (Å²) in [5.41, 5.74) is 1.96. The number of fused-ring (bicyclic) bond motifs is 1. The van der Waals surface area contributed by atoms with E-state index in [2.05, 4.69) is 15.3 Å². The van der Waals surface area contributed by atoms with Gasteiger partial charge in [0.25, 0.3) is 11.8 Å². The second-order valence-corrected chi connectivity index (χ2v) is 6.30. The van der Waals surface area contributed by atoms with Crippen LogP contribution in [0.25, 0.3) is 11.0 Å². The van der Waals surface area contributed by atoms with Crippen LogP contribution in [0, 0.1) is 0 Å². The van der Waals surface area contributed by atoms with Gasteiger partial charge in [-0.2, -0.15) is 0 Å². The van der Waals surface area contributed by atoms with Gasteiger partial charge >= 0.3 is 0 Å². The molecule has 0 bridgehead atoms. The maximum absolute atomic E-state index is 12.6. The predicted molar refractivity (Wildman–Crippen MR) is 94.6 cm³/mol. The van der Waals surface area contributed by atoms with Gasteiger partial charge in [-0.15, -0.1) is 0 Å². The summed E-state index contributed by atoms with van der Waals surface area (Å²) < 4.78 is 5.18. The van der Waals surface area contributed by atoms with Crippen molar-refractivity contribution in [3.63, 3.8) is 0 Å². The lowest BCUT2D eigenvalue weighted by molar-refractivity contribution is 0.0647. The molecule has 132 valence electrons. The van der Waals surface area contributed by atoms with Gasteiger partial charge in [0.1, 0.15) is 0 Å². The zero-order valence-corrected chi connectivity index (χ0v) is 14.1. The van der Waals surface area contributed by atoms with E-state index in [9.17, 15) is 9.59 Å². The monoisotopic (exact) mass is 350 g/mol. The molecule has 1 N–H and O–H groups in total. The third-order valence-electron chi connectivity index (χ3n) is 4.51. The quantitative estimate of drug-likeness (QED) is 0.783. The Bertz CT molecular complexity index is 939. The summed E-state index contributed by atoms with van der Waals surface area (Å²) in [6, 6.07) is 8.50. The highest BCUT2D eigenvalue weighted by atomic mass is 16.3. The van der Waals surface area contributed by atoms with Crippen molar-refractivity contribution in [3.8, 4) is 0 Å². The Morgan fingerprint density at radius 3 is 2.81 bits per heavy atom. The molecular formula is C19H18N4O3. The first-order valence-electron chi connectivity index (χ1n) is 8.55. The van der Waals surface area contributed by atoms with Crippen molar-refractivity contribution >= 4 is 22.8 Å². The van der Waals surface area contributed by atoms with Gasteiger partial charge in [-0.05, 0) is 43.2 Å². The fraction of sp³-hybridized carbons (Fsp3) is 0.263. The van der Waals surface area contributed by atoms with Crippen molar-refractivity contribution in [2.24, 2.45) is 0 Å². The second kappa shape index (κ2) is 6.95. The van der Waals surface area contributed by atoms with Crippen LogP contribution in [0.15, 0.2) is 53.4 Å². The molecule has 7 nitrogen and oxygen atoms in total. The first kappa shape index (κ1) is 16.3. The predicted octanol–water partition coefficient (Wildman–Crippen LogP) is 2.26. The van der Waals surface area contributed by atoms with Crippen LogP contribution in [-0.4, -0.2) is 45.8 Å². The summed E-state index contributed by atoms with van der Waals surface area (Å²) in [4.78, 5) is 35.1. The Balaban J connectivity index is 1.44. The maximum Gasteiger partial charge on any atom is 0.289 e. The number of nitrogens with one attached hydrogen (secondary N) is 1. The van der Waals surface area contributed by atoms with Crippen LogP contribution in [0.4, 0.5) is 0 Å². The molecule has 0 aliphatic carbocycles. The first-order valence-corrected chi connectivity index (χ1v) is 8.55. The molecule has 1 aliphatic rings. The van der Waals surface area contributed by atoms with E-state index in [1.54, 1.807) is 47.6 Å². The largest absolute Gasteiger partial charge is 0.459 e. The number of carbonyl (C=O) groups excluding carboxylic acids is 2. The van der Waals surface area contributed by atoms with Gasteiger partial charge in [0, 0.05) is 37.1 Å². The topological polar surface area (TPSA) is 88.3 Å². The molecule has 2 aromatic heterocycles. The van der Waals surface area contributed by atoms with Gasteiger partial charge in [0.2, 0.25) is 0 Å². The van der Waals surface area contributed by atoms with E-state index in [4.69, 9.17) is 4.42 Å². The molecule has 1 aromatic carbocycles. The minimum absolute atomic E-state index is 0.0901. The molecule has 1 saturated heterocycles. The van der Waals surface area contributed by atoms with Crippen LogP contribution in [-0.2, 0) is 0 Å². The van der Waals surface area contributed by atoms with E-state index in [1.165, 1.54) is 6.26 Å². The average Bonchev–Trinajstić information content (AvgIpc) is 3.22. The first-order chi connectivity index (χ1) is 12.7. The highest BCUT2D eigenvalue weighted by molar-refractivity contribution is 5.97. The summed E-state index contributed by atoms with van der Waals surface area (Å²) in [7, 11) is 0. The lowest BCUT2D eigenvalue weighted by Gasteiger charge is -2.32. The molecule has 1 atom stereocenters. The lowest BCUT2D eigenvalue weighted by atomic mass is 10.0. The number of carbonyl (C=O) groups is 2. The normalized spacial score (nSPS) is 17.2. The van der Waals surface area contributed by atoms with E-state index in [1.807, 2.05) is 0 Å². The van der Waals surface area contributed by atoms with Crippen LogP contribution >= 0.6 is 0 Å². The van der Waals surface area contributed by atoms with Crippen LogP contribution in [0.5, 0.6) is 0 Å². The Hall–Kier alpha value is -3.22. The highest BCUT2D eigenvalue weighted by Gasteiger charge is 2.27. The number of furan rings is 1. The van der Waals surface area contributed by atoms with Crippen molar-refractivity contribution in [2.75, 3.05) is 13.1 Å². The van der Waals surface area contributed by atoms with Gasteiger partial charge in [0.05, 0.1) is 17.3 Å². The standard InChI is InChI=1S/C19H18N4O3/c24-18(13-5-6-15-16(11-13)21-8-7-20-15)22-14-3-1-9-23(12-14)19(25)17-4-2-10-26-17/h2,4-8,10-11,14H,1,3,9,12H2,(H,22,24). The number of aromatic nitrogens is 2. The number of piperidine rings is 1. The molecule has 4 rings (SSSR count). The van der Waals surface area contributed by atoms with E-state index < -0.39 is 0 Å².